The number of H-pyrrole nitrogens is 1. The fourth-order valence-corrected chi connectivity index (χ4v) is 3.25. The number of nitrogens with zero attached hydrogens (tertiary/aromatic N) is 4. The molecule has 8 nitrogen and oxygen atoms in total. The zero-order chi connectivity index (χ0) is 21.3. The Morgan fingerprint density at radius 3 is 2.40 bits per heavy atom. The van der Waals surface area contributed by atoms with E-state index >= 15 is 0 Å². The Hall–Kier alpha value is -3.55. The van der Waals surface area contributed by atoms with E-state index in [0.29, 0.717) is 25.3 Å². The Kier molecular flexibility index (Phi) is 7.26. The molecule has 2 amide bonds. The Labute approximate surface area is 175 Å². The quantitative estimate of drug-likeness (QED) is 0.537. The predicted molar refractivity (Wildman–Crippen MR) is 114 cm³/mol. The van der Waals surface area contributed by atoms with Crippen LogP contribution in [0.1, 0.15) is 38.2 Å². The predicted octanol–water partition coefficient (Wildman–Crippen LogP) is 2.93. The lowest BCUT2D eigenvalue weighted by Gasteiger charge is -2.22. The summed E-state index contributed by atoms with van der Waals surface area (Å²) in [5, 5.41) is 14.1. The first-order chi connectivity index (χ1) is 14.6. The molecule has 0 aliphatic carbocycles. The SMILES string of the molecule is CCCCC(=O)N(CCC(N)=O)Cc1ccc(-c2ccccc2-c2nnn[nH]2)cc1. The van der Waals surface area contributed by atoms with Gasteiger partial charge in [0.1, 0.15) is 0 Å². The number of aromatic nitrogens is 4. The maximum absolute atomic E-state index is 12.5. The molecule has 3 rings (SSSR count). The number of nitrogens with one attached hydrogen (secondary N) is 1. The van der Waals surface area contributed by atoms with Gasteiger partial charge in [0, 0.05) is 31.5 Å². The number of carbonyl (C=O) groups is 2. The maximum Gasteiger partial charge on any atom is 0.222 e. The van der Waals surface area contributed by atoms with Crippen LogP contribution in [0.25, 0.3) is 22.5 Å². The molecule has 0 spiro atoms. The summed E-state index contributed by atoms with van der Waals surface area (Å²) in [4.78, 5) is 25.4. The molecule has 2 aromatic carbocycles. The molecule has 1 heterocycles. The molecule has 30 heavy (non-hydrogen) atoms. The number of carbonyl (C=O) groups excluding carboxylic acids is 2. The molecule has 0 radical (unpaired) electrons. The van der Waals surface area contributed by atoms with Crippen LogP contribution < -0.4 is 5.73 Å². The average molecular weight is 406 g/mol. The van der Waals surface area contributed by atoms with Gasteiger partial charge in [0.05, 0.1) is 0 Å². The second-order valence-electron chi connectivity index (χ2n) is 7.13. The van der Waals surface area contributed by atoms with Crippen LogP contribution in [0.15, 0.2) is 48.5 Å². The number of amides is 2. The number of rotatable bonds is 10. The third-order valence-electron chi connectivity index (χ3n) is 4.89. The summed E-state index contributed by atoms with van der Waals surface area (Å²) in [6.07, 6.45) is 2.42. The lowest BCUT2D eigenvalue weighted by Crippen LogP contribution is -2.33. The highest BCUT2D eigenvalue weighted by atomic mass is 16.2. The summed E-state index contributed by atoms with van der Waals surface area (Å²) in [5.41, 5.74) is 9.21. The van der Waals surface area contributed by atoms with Crippen molar-refractivity contribution in [2.24, 2.45) is 5.73 Å². The van der Waals surface area contributed by atoms with Crippen LogP contribution in [0.4, 0.5) is 0 Å². The molecular formula is C22H26N6O2. The van der Waals surface area contributed by atoms with Crippen molar-refractivity contribution < 1.29 is 9.59 Å². The molecule has 3 aromatic rings. The molecule has 0 saturated carbocycles. The highest BCUT2D eigenvalue weighted by molar-refractivity contribution is 5.80. The first kappa shape index (κ1) is 21.2. The van der Waals surface area contributed by atoms with Crippen molar-refractivity contribution in [2.75, 3.05) is 6.54 Å². The first-order valence-electron chi connectivity index (χ1n) is 10.1. The van der Waals surface area contributed by atoms with Gasteiger partial charge >= 0.3 is 0 Å². The smallest absolute Gasteiger partial charge is 0.222 e. The van der Waals surface area contributed by atoms with E-state index in [0.717, 1.165) is 35.1 Å². The lowest BCUT2D eigenvalue weighted by molar-refractivity contribution is -0.132. The van der Waals surface area contributed by atoms with Gasteiger partial charge in [0.2, 0.25) is 11.8 Å². The van der Waals surface area contributed by atoms with Gasteiger partial charge in [-0.1, -0.05) is 61.9 Å². The number of unbranched alkanes of at least 4 members (excludes halogenated alkanes) is 1. The van der Waals surface area contributed by atoms with Crippen molar-refractivity contribution >= 4 is 11.8 Å². The fourth-order valence-electron chi connectivity index (χ4n) is 3.25. The number of primary amides is 1. The van der Waals surface area contributed by atoms with Crippen molar-refractivity contribution in [1.82, 2.24) is 25.5 Å². The minimum Gasteiger partial charge on any atom is -0.370 e. The normalized spacial score (nSPS) is 10.7. The van der Waals surface area contributed by atoms with Crippen LogP contribution in [0.5, 0.6) is 0 Å². The molecule has 8 heteroatoms. The number of hydrogen-bond donors (Lipinski definition) is 2. The number of nitrogens with two attached hydrogens (primary N) is 1. The summed E-state index contributed by atoms with van der Waals surface area (Å²) in [5.74, 6) is 0.247. The van der Waals surface area contributed by atoms with Gasteiger partial charge in [-0.2, -0.15) is 0 Å². The van der Waals surface area contributed by atoms with Gasteiger partial charge in [-0.25, -0.2) is 5.10 Å². The third-order valence-corrected chi connectivity index (χ3v) is 4.89. The van der Waals surface area contributed by atoms with Crippen molar-refractivity contribution in [3.63, 3.8) is 0 Å². The molecule has 0 bridgehead atoms. The maximum atomic E-state index is 12.5. The number of aromatic amines is 1. The van der Waals surface area contributed by atoms with E-state index in [-0.39, 0.29) is 12.3 Å². The number of benzene rings is 2. The molecule has 0 unspecified atom stereocenters. The van der Waals surface area contributed by atoms with Crippen LogP contribution >= 0.6 is 0 Å². The molecule has 0 saturated heterocycles. The first-order valence-corrected chi connectivity index (χ1v) is 10.1. The lowest BCUT2D eigenvalue weighted by atomic mass is 9.98. The fraction of sp³-hybridized carbons (Fsp3) is 0.318. The Morgan fingerprint density at radius 1 is 1.03 bits per heavy atom. The highest BCUT2D eigenvalue weighted by Crippen LogP contribution is 2.29. The summed E-state index contributed by atoms with van der Waals surface area (Å²) < 4.78 is 0. The minimum absolute atomic E-state index is 0.0466. The van der Waals surface area contributed by atoms with E-state index in [2.05, 4.69) is 20.6 Å². The van der Waals surface area contributed by atoms with Crippen molar-refractivity contribution in [2.45, 2.75) is 39.2 Å². The van der Waals surface area contributed by atoms with Crippen molar-refractivity contribution in [3.8, 4) is 22.5 Å². The number of tetrazole rings is 1. The highest BCUT2D eigenvalue weighted by Gasteiger charge is 2.15. The topological polar surface area (TPSA) is 118 Å². The van der Waals surface area contributed by atoms with Crippen molar-refractivity contribution in [3.05, 3.63) is 54.1 Å². The number of hydrogen-bond acceptors (Lipinski definition) is 5. The zero-order valence-electron chi connectivity index (χ0n) is 17.0. The minimum atomic E-state index is -0.405. The Bertz CT molecular complexity index is 970. The van der Waals surface area contributed by atoms with E-state index in [1.165, 1.54) is 0 Å². The van der Waals surface area contributed by atoms with Gasteiger partial charge in [0.25, 0.3) is 0 Å². The third kappa shape index (κ3) is 5.50. The van der Waals surface area contributed by atoms with E-state index in [4.69, 9.17) is 5.73 Å². The Morgan fingerprint density at radius 2 is 1.77 bits per heavy atom. The Balaban J connectivity index is 1.77. The van der Waals surface area contributed by atoms with Gasteiger partial charge in [-0.05, 0) is 33.5 Å². The largest absolute Gasteiger partial charge is 0.370 e. The molecule has 0 aliphatic heterocycles. The monoisotopic (exact) mass is 406 g/mol. The van der Waals surface area contributed by atoms with Crippen LogP contribution in [0.2, 0.25) is 0 Å². The summed E-state index contributed by atoms with van der Waals surface area (Å²) >= 11 is 0. The zero-order valence-corrected chi connectivity index (χ0v) is 17.0. The van der Waals surface area contributed by atoms with E-state index in [9.17, 15) is 9.59 Å². The second-order valence-corrected chi connectivity index (χ2v) is 7.13. The van der Waals surface area contributed by atoms with E-state index < -0.39 is 5.91 Å². The van der Waals surface area contributed by atoms with Crippen LogP contribution in [0.3, 0.4) is 0 Å². The van der Waals surface area contributed by atoms with E-state index in [1.54, 1.807) is 4.90 Å². The molecule has 156 valence electrons. The van der Waals surface area contributed by atoms with Gasteiger partial charge in [-0.15, -0.1) is 5.10 Å². The van der Waals surface area contributed by atoms with Crippen molar-refractivity contribution in [1.29, 1.82) is 0 Å². The second kappa shape index (κ2) is 10.3. The van der Waals surface area contributed by atoms with Crippen LogP contribution in [-0.2, 0) is 16.1 Å². The molecular weight excluding hydrogens is 380 g/mol. The summed E-state index contributed by atoms with van der Waals surface area (Å²) in [6, 6.07) is 15.9. The van der Waals surface area contributed by atoms with E-state index in [1.807, 2.05) is 55.5 Å². The van der Waals surface area contributed by atoms with Gasteiger partial charge < -0.3 is 10.6 Å². The van der Waals surface area contributed by atoms with Crippen LogP contribution in [0, 0.1) is 0 Å². The van der Waals surface area contributed by atoms with Gasteiger partial charge in [0.15, 0.2) is 5.82 Å². The molecule has 3 N–H and O–H groups in total. The molecule has 0 atom stereocenters. The average Bonchev–Trinajstić information content (AvgIpc) is 3.30. The molecule has 1 aromatic heterocycles. The summed E-state index contributed by atoms with van der Waals surface area (Å²) in [7, 11) is 0. The van der Waals surface area contributed by atoms with Gasteiger partial charge in [-0.3, -0.25) is 9.59 Å². The molecule has 0 fully saturated rings. The molecule has 0 aliphatic rings. The van der Waals surface area contributed by atoms with Crippen LogP contribution in [-0.4, -0.2) is 43.9 Å². The standard InChI is InChI=1S/C22H26N6O2/c1-2-3-8-21(30)28(14-13-20(23)29)15-16-9-11-17(12-10-16)18-6-4-5-7-19(18)22-24-26-27-25-22/h4-7,9-12H,2-3,8,13-15H2,1H3,(H2,23,29)(H,24,25,26,27). The summed E-state index contributed by atoms with van der Waals surface area (Å²) in [6.45, 7) is 2.83.